The van der Waals surface area contributed by atoms with E-state index in [4.69, 9.17) is 14.2 Å². The number of para-hydroxylation sites is 2. The number of methoxy groups -OCH3 is 2. The van der Waals surface area contributed by atoms with Crippen molar-refractivity contribution in [2.24, 2.45) is 0 Å². The van der Waals surface area contributed by atoms with E-state index in [1.54, 1.807) is 12.1 Å². The van der Waals surface area contributed by atoms with Crippen molar-refractivity contribution >= 4 is 11.9 Å². The highest BCUT2D eigenvalue weighted by atomic mass is 16.5. The molecule has 34 heavy (non-hydrogen) atoms. The maximum absolute atomic E-state index is 12.9. The third-order valence-electron chi connectivity index (χ3n) is 5.91. The van der Waals surface area contributed by atoms with Gasteiger partial charge in [0.25, 0.3) is 0 Å². The van der Waals surface area contributed by atoms with Crippen LogP contribution < -0.4 is 4.74 Å². The second kappa shape index (κ2) is 11.0. The summed E-state index contributed by atoms with van der Waals surface area (Å²) in [5.41, 5.74) is 1.54. The van der Waals surface area contributed by atoms with Crippen LogP contribution in [-0.4, -0.2) is 67.1 Å². The number of ether oxygens (including phenoxy) is 3. The number of carbonyl (C=O) groups excluding carboxylic acids is 2. The van der Waals surface area contributed by atoms with E-state index in [-0.39, 0.29) is 11.3 Å². The van der Waals surface area contributed by atoms with Crippen LogP contribution in [0.5, 0.6) is 5.75 Å². The Morgan fingerprint density at radius 2 is 1.56 bits per heavy atom. The number of piperidine rings is 1. The highest BCUT2D eigenvalue weighted by Crippen LogP contribution is 2.35. The van der Waals surface area contributed by atoms with E-state index in [1.165, 1.54) is 38.2 Å². The molecular weight excluding hydrogens is 434 g/mol. The number of hydrogen-bond donors (Lipinski definition) is 0. The molecular formula is C26H29N3O5. The Balaban J connectivity index is 1.76. The number of esters is 2. The van der Waals surface area contributed by atoms with Gasteiger partial charge in [0.15, 0.2) is 5.69 Å². The number of rotatable bonds is 8. The van der Waals surface area contributed by atoms with E-state index in [1.807, 2.05) is 42.5 Å². The fraction of sp³-hybridized carbons (Fsp3) is 0.346. The van der Waals surface area contributed by atoms with Crippen LogP contribution in [-0.2, 0) is 9.47 Å². The van der Waals surface area contributed by atoms with Gasteiger partial charge in [0, 0.05) is 12.1 Å². The van der Waals surface area contributed by atoms with Gasteiger partial charge in [0.2, 0.25) is 0 Å². The summed E-state index contributed by atoms with van der Waals surface area (Å²) in [6.07, 6.45) is 3.71. The van der Waals surface area contributed by atoms with Crippen LogP contribution in [0.2, 0.25) is 0 Å². The fourth-order valence-electron chi connectivity index (χ4n) is 4.20. The zero-order chi connectivity index (χ0) is 23.9. The van der Waals surface area contributed by atoms with Gasteiger partial charge in [-0.3, -0.25) is 4.90 Å². The second-order valence-corrected chi connectivity index (χ2v) is 8.05. The summed E-state index contributed by atoms with van der Waals surface area (Å²) in [6.45, 7) is 3.50. The highest BCUT2D eigenvalue weighted by molar-refractivity contribution is 6.07. The van der Waals surface area contributed by atoms with Crippen molar-refractivity contribution in [2.75, 3.05) is 40.5 Å². The van der Waals surface area contributed by atoms with E-state index in [2.05, 4.69) is 10.00 Å². The molecule has 1 fully saturated rings. The number of aromatic nitrogens is 2. The maximum Gasteiger partial charge on any atom is 0.357 e. The monoisotopic (exact) mass is 463 g/mol. The van der Waals surface area contributed by atoms with Crippen LogP contribution in [0.25, 0.3) is 16.9 Å². The normalized spacial score (nSPS) is 13.9. The molecule has 0 radical (unpaired) electrons. The summed E-state index contributed by atoms with van der Waals surface area (Å²) in [5, 5.41) is 4.67. The highest BCUT2D eigenvalue weighted by Gasteiger charge is 2.32. The fourth-order valence-corrected chi connectivity index (χ4v) is 4.20. The Bertz CT molecular complexity index is 1140. The van der Waals surface area contributed by atoms with Gasteiger partial charge in [0.1, 0.15) is 23.6 Å². The second-order valence-electron chi connectivity index (χ2n) is 8.05. The van der Waals surface area contributed by atoms with E-state index < -0.39 is 11.9 Å². The third-order valence-corrected chi connectivity index (χ3v) is 5.91. The first-order chi connectivity index (χ1) is 16.6. The van der Waals surface area contributed by atoms with Crippen LogP contribution >= 0.6 is 0 Å². The molecule has 8 heteroatoms. The summed E-state index contributed by atoms with van der Waals surface area (Å²) >= 11 is 0. The summed E-state index contributed by atoms with van der Waals surface area (Å²) < 4.78 is 17.6. The van der Waals surface area contributed by atoms with Gasteiger partial charge >= 0.3 is 11.9 Å². The Kier molecular flexibility index (Phi) is 7.59. The van der Waals surface area contributed by atoms with Crippen LogP contribution in [0.1, 0.15) is 40.1 Å². The van der Waals surface area contributed by atoms with Gasteiger partial charge in [-0.2, -0.15) is 5.10 Å². The molecule has 1 aliphatic rings. The van der Waals surface area contributed by atoms with E-state index in [9.17, 15) is 9.59 Å². The molecule has 1 saturated heterocycles. The van der Waals surface area contributed by atoms with Gasteiger partial charge in [-0.15, -0.1) is 0 Å². The maximum atomic E-state index is 12.9. The lowest BCUT2D eigenvalue weighted by molar-refractivity contribution is 0.0549. The topological polar surface area (TPSA) is 82.9 Å². The Labute approximate surface area is 199 Å². The van der Waals surface area contributed by atoms with Crippen molar-refractivity contribution < 1.29 is 23.8 Å². The summed E-state index contributed by atoms with van der Waals surface area (Å²) in [5.74, 6) is -0.786. The van der Waals surface area contributed by atoms with Gasteiger partial charge in [-0.1, -0.05) is 36.8 Å². The quantitative estimate of drug-likeness (QED) is 0.467. The van der Waals surface area contributed by atoms with Crippen molar-refractivity contribution in [3.63, 3.8) is 0 Å². The average molecular weight is 464 g/mol. The molecule has 178 valence electrons. The van der Waals surface area contributed by atoms with Crippen molar-refractivity contribution in [3.8, 4) is 22.7 Å². The van der Waals surface area contributed by atoms with Gasteiger partial charge in [-0.25, -0.2) is 14.3 Å². The van der Waals surface area contributed by atoms with Crippen LogP contribution in [0, 0.1) is 0 Å². The van der Waals surface area contributed by atoms with E-state index in [0.717, 1.165) is 19.6 Å². The molecule has 0 unspecified atom stereocenters. The number of nitrogens with zero attached hydrogens (tertiary/aromatic N) is 3. The van der Waals surface area contributed by atoms with Crippen molar-refractivity contribution in [3.05, 3.63) is 65.9 Å². The Hall–Kier alpha value is -3.65. The molecule has 2 aromatic carbocycles. The molecule has 0 atom stereocenters. The SMILES string of the molecule is COC(=O)c1c(-c2ccccc2OCCN2CCCCC2)nn(-c2ccccc2)c1C(=O)OC. The van der Waals surface area contributed by atoms with E-state index >= 15 is 0 Å². The minimum Gasteiger partial charge on any atom is -0.492 e. The van der Waals surface area contributed by atoms with E-state index in [0.29, 0.717) is 29.3 Å². The summed E-state index contributed by atoms with van der Waals surface area (Å²) in [7, 11) is 2.54. The van der Waals surface area contributed by atoms with Crippen molar-refractivity contribution in [1.82, 2.24) is 14.7 Å². The first-order valence-corrected chi connectivity index (χ1v) is 11.4. The Morgan fingerprint density at radius 3 is 2.26 bits per heavy atom. The molecule has 0 bridgehead atoms. The van der Waals surface area contributed by atoms with Crippen molar-refractivity contribution in [1.29, 1.82) is 0 Å². The molecule has 0 N–H and O–H groups in total. The van der Waals surface area contributed by atoms with Crippen LogP contribution in [0.3, 0.4) is 0 Å². The molecule has 1 aliphatic heterocycles. The number of hydrogen-bond acceptors (Lipinski definition) is 7. The van der Waals surface area contributed by atoms with Crippen LogP contribution in [0.15, 0.2) is 54.6 Å². The predicted molar refractivity (Wildman–Crippen MR) is 127 cm³/mol. The van der Waals surface area contributed by atoms with Crippen LogP contribution in [0.4, 0.5) is 0 Å². The lowest BCUT2D eigenvalue weighted by Crippen LogP contribution is -2.33. The molecule has 4 rings (SSSR count). The smallest absolute Gasteiger partial charge is 0.357 e. The Morgan fingerprint density at radius 1 is 0.882 bits per heavy atom. The predicted octanol–water partition coefficient (Wildman–Crippen LogP) is 3.98. The lowest BCUT2D eigenvalue weighted by atomic mass is 10.0. The molecule has 0 saturated carbocycles. The molecule has 2 heterocycles. The number of likely N-dealkylation sites (tertiary alicyclic amines) is 1. The minimum atomic E-state index is -0.688. The average Bonchev–Trinajstić information content (AvgIpc) is 3.30. The first-order valence-electron chi connectivity index (χ1n) is 11.4. The molecule has 3 aromatic rings. The zero-order valence-corrected chi connectivity index (χ0v) is 19.5. The third kappa shape index (κ3) is 4.97. The standard InChI is InChI=1S/C26H29N3O5/c1-32-25(30)22-23(27-29(24(22)26(31)33-2)19-11-5-3-6-12-19)20-13-7-8-14-21(20)34-18-17-28-15-9-4-10-16-28/h3,5-8,11-14H,4,9-10,15-18H2,1-2H3. The molecule has 1 aromatic heterocycles. The van der Waals surface area contributed by atoms with Gasteiger partial charge < -0.3 is 14.2 Å². The number of benzene rings is 2. The minimum absolute atomic E-state index is 0.00123. The largest absolute Gasteiger partial charge is 0.492 e. The summed E-state index contributed by atoms with van der Waals surface area (Å²) in [6, 6.07) is 16.5. The zero-order valence-electron chi connectivity index (χ0n) is 19.5. The van der Waals surface area contributed by atoms with Crippen molar-refractivity contribution in [2.45, 2.75) is 19.3 Å². The molecule has 8 nitrogen and oxygen atoms in total. The molecule has 0 spiro atoms. The van der Waals surface area contributed by atoms with Gasteiger partial charge in [-0.05, 0) is 50.2 Å². The molecule has 0 aliphatic carbocycles. The number of carbonyl (C=O) groups is 2. The first kappa shape index (κ1) is 23.5. The molecule has 0 amide bonds. The summed E-state index contributed by atoms with van der Waals surface area (Å²) in [4.78, 5) is 28.1. The van der Waals surface area contributed by atoms with Gasteiger partial charge in [0.05, 0.1) is 19.9 Å². The lowest BCUT2D eigenvalue weighted by Gasteiger charge is -2.26.